The van der Waals surface area contributed by atoms with Crippen molar-refractivity contribution in [3.05, 3.63) is 107 Å². The van der Waals surface area contributed by atoms with E-state index >= 15 is 0 Å². The third-order valence-electron chi connectivity index (χ3n) is 6.26. The van der Waals surface area contributed by atoms with Crippen molar-refractivity contribution in [1.29, 1.82) is 0 Å². The van der Waals surface area contributed by atoms with Gasteiger partial charge in [-0.3, -0.25) is 4.79 Å². The molecule has 0 unspecified atom stereocenters. The van der Waals surface area contributed by atoms with Crippen LogP contribution in [0.15, 0.2) is 84.9 Å². The molecular weight excluding hydrogens is 452 g/mol. The monoisotopic (exact) mass is 484 g/mol. The van der Waals surface area contributed by atoms with Gasteiger partial charge in [0, 0.05) is 30.8 Å². The molecule has 0 radical (unpaired) electrons. The maximum Gasteiger partial charge on any atom is 0.251 e. The molecule has 4 aromatic rings. The molecule has 0 aliphatic heterocycles. The Balaban J connectivity index is 1.28. The number of carbonyl (C=O) groups excluding carboxylic acids is 1. The summed E-state index contributed by atoms with van der Waals surface area (Å²) >= 11 is 0. The summed E-state index contributed by atoms with van der Waals surface area (Å²) in [4.78, 5) is 12.8. The fourth-order valence-electron chi connectivity index (χ4n) is 4.43. The Kier molecular flexibility index (Phi) is 8.21. The minimum absolute atomic E-state index is 0.0372. The molecule has 0 saturated carbocycles. The summed E-state index contributed by atoms with van der Waals surface area (Å²) in [7, 11) is 0. The predicted octanol–water partition coefficient (Wildman–Crippen LogP) is 4.48. The van der Waals surface area contributed by atoms with Crippen LogP contribution in [0.25, 0.3) is 10.8 Å². The van der Waals surface area contributed by atoms with Gasteiger partial charge in [-0.1, -0.05) is 54.6 Å². The summed E-state index contributed by atoms with van der Waals surface area (Å²) in [6.07, 6.45) is 0.562. The molecule has 186 valence electrons. The number of aliphatic hydroxyl groups is 1. The van der Waals surface area contributed by atoms with Crippen LogP contribution in [-0.4, -0.2) is 40.4 Å². The molecule has 0 aliphatic rings. The number of aliphatic hydroxyl groups excluding tert-OH is 1. The molecule has 0 bridgehead atoms. The van der Waals surface area contributed by atoms with Gasteiger partial charge in [0.25, 0.3) is 5.91 Å². The van der Waals surface area contributed by atoms with Crippen LogP contribution in [-0.2, 0) is 12.8 Å². The number of nitrogens with one attached hydrogen (secondary N) is 2. The molecule has 0 spiro atoms. The Hall–Kier alpha value is -3.87. The van der Waals surface area contributed by atoms with Gasteiger partial charge >= 0.3 is 0 Å². The highest BCUT2D eigenvalue weighted by Crippen LogP contribution is 2.24. The molecule has 1 amide bonds. The number of hydrogen-bond acceptors (Lipinski definition) is 5. The lowest BCUT2D eigenvalue weighted by molar-refractivity contribution is 0.0954. The minimum Gasteiger partial charge on any atom is -0.508 e. The van der Waals surface area contributed by atoms with Crippen LogP contribution >= 0.6 is 0 Å². The molecule has 6 nitrogen and oxygen atoms in total. The largest absolute Gasteiger partial charge is 0.508 e. The lowest BCUT2D eigenvalue weighted by Crippen LogP contribution is -2.32. The number of rotatable bonds is 10. The van der Waals surface area contributed by atoms with E-state index in [0.29, 0.717) is 24.1 Å². The van der Waals surface area contributed by atoms with E-state index in [1.165, 1.54) is 34.5 Å². The van der Waals surface area contributed by atoms with E-state index in [1.54, 1.807) is 0 Å². The maximum atomic E-state index is 12.8. The summed E-state index contributed by atoms with van der Waals surface area (Å²) in [5.41, 5.74) is 3.29. The summed E-state index contributed by atoms with van der Waals surface area (Å²) in [5, 5.41) is 38.3. The second-order valence-corrected chi connectivity index (χ2v) is 9.16. The smallest absolute Gasteiger partial charge is 0.251 e. The van der Waals surface area contributed by atoms with Crippen LogP contribution in [0.4, 0.5) is 0 Å². The van der Waals surface area contributed by atoms with Gasteiger partial charge in [-0.15, -0.1) is 0 Å². The third kappa shape index (κ3) is 6.62. The van der Waals surface area contributed by atoms with Crippen molar-refractivity contribution < 1.29 is 20.1 Å². The molecule has 6 heteroatoms. The molecule has 36 heavy (non-hydrogen) atoms. The van der Waals surface area contributed by atoms with Crippen molar-refractivity contribution in [2.24, 2.45) is 0 Å². The number of fused-ring (bicyclic) bond motifs is 1. The van der Waals surface area contributed by atoms with Crippen LogP contribution in [0.3, 0.4) is 0 Å². The molecule has 0 heterocycles. The highest BCUT2D eigenvalue weighted by atomic mass is 16.3. The zero-order valence-corrected chi connectivity index (χ0v) is 20.3. The molecule has 0 aromatic heterocycles. The molecular formula is C30H32N2O4. The molecule has 5 N–H and O–H groups in total. The lowest BCUT2D eigenvalue weighted by atomic mass is 10.0. The lowest BCUT2D eigenvalue weighted by Gasteiger charge is -2.18. The second kappa shape index (κ2) is 11.7. The van der Waals surface area contributed by atoms with Crippen molar-refractivity contribution in [2.75, 3.05) is 13.1 Å². The fourth-order valence-corrected chi connectivity index (χ4v) is 4.43. The van der Waals surface area contributed by atoms with Crippen LogP contribution in [0.2, 0.25) is 0 Å². The first-order chi connectivity index (χ1) is 17.4. The van der Waals surface area contributed by atoms with Gasteiger partial charge in [0.1, 0.15) is 11.5 Å². The summed E-state index contributed by atoms with van der Waals surface area (Å²) in [6, 6.07) is 26.2. The van der Waals surface area contributed by atoms with Gasteiger partial charge < -0.3 is 26.0 Å². The Morgan fingerprint density at radius 1 is 0.889 bits per heavy atom. The number of aromatic hydroxyl groups is 2. The van der Waals surface area contributed by atoms with Crippen molar-refractivity contribution in [3.8, 4) is 11.5 Å². The summed E-state index contributed by atoms with van der Waals surface area (Å²) in [5.74, 6) is -0.287. The number of phenols is 2. The molecule has 0 aliphatic carbocycles. The van der Waals surface area contributed by atoms with Crippen molar-refractivity contribution in [2.45, 2.75) is 31.9 Å². The number of benzene rings is 4. The van der Waals surface area contributed by atoms with Gasteiger partial charge in [-0.25, -0.2) is 0 Å². The highest BCUT2D eigenvalue weighted by Gasteiger charge is 2.13. The zero-order chi connectivity index (χ0) is 25.5. The van der Waals surface area contributed by atoms with Gasteiger partial charge in [-0.2, -0.15) is 0 Å². The molecule has 4 aromatic carbocycles. The van der Waals surface area contributed by atoms with Gasteiger partial charge in [0.05, 0.1) is 6.10 Å². The van der Waals surface area contributed by atoms with Crippen LogP contribution in [0.5, 0.6) is 11.5 Å². The molecule has 2 atom stereocenters. The zero-order valence-electron chi connectivity index (χ0n) is 20.3. The topological polar surface area (TPSA) is 102 Å². The van der Waals surface area contributed by atoms with Gasteiger partial charge in [0.2, 0.25) is 0 Å². The van der Waals surface area contributed by atoms with Crippen LogP contribution < -0.4 is 10.6 Å². The van der Waals surface area contributed by atoms with E-state index in [2.05, 4.69) is 34.9 Å². The van der Waals surface area contributed by atoms with Crippen molar-refractivity contribution >= 4 is 16.7 Å². The fraction of sp³-hybridized carbons (Fsp3) is 0.233. The average molecular weight is 485 g/mol. The Morgan fingerprint density at radius 3 is 2.42 bits per heavy atom. The maximum absolute atomic E-state index is 12.8. The molecule has 0 saturated heterocycles. The SMILES string of the molecule is C[C@H](Cc1cccc(C(=O)NCCc2cccc3ccccc23)c1)NC[C@H](O)c1cc(O)cc(O)c1. The first kappa shape index (κ1) is 25.2. The van der Waals surface area contributed by atoms with Crippen LogP contribution in [0, 0.1) is 0 Å². The predicted molar refractivity (Wildman–Crippen MR) is 142 cm³/mol. The number of hydrogen-bond donors (Lipinski definition) is 5. The Bertz CT molecular complexity index is 1310. The highest BCUT2D eigenvalue weighted by molar-refractivity contribution is 5.94. The Morgan fingerprint density at radius 2 is 1.61 bits per heavy atom. The number of phenolic OH excluding ortho intramolecular Hbond substituents is 2. The molecule has 4 rings (SSSR count). The second-order valence-electron chi connectivity index (χ2n) is 9.16. The van der Waals surface area contributed by atoms with Gasteiger partial charge in [-0.05, 0) is 71.5 Å². The van der Waals surface area contributed by atoms with E-state index in [9.17, 15) is 20.1 Å². The summed E-state index contributed by atoms with van der Waals surface area (Å²) < 4.78 is 0. The van der Waals surface area contributed by atoms with E-state index in [0.717, 1.165) is 12.0 Å². The van der Waals surface area contributed by atoms with E-state index in [1.807, 2.05) is 49.4 Å². The number of amides is 1. The van der Waals surface area contributed by atoms with E-state index in [-0.39, 0.29) is 30.0 Å². The first-order valence-electron chi connectivity index (χ1n) is 12.2. The van der Waals surface area contributed by atoms with Crippen molar-refractivity contribution in [1.82, 2.24) is 10.6 Å². The third-order valence-corrected chi connectivity index (χ3v) is 6.26. The average Bonchev–Trinajstić information content (AvgIpc) is 2.87. The van der Waals surface area contributed by atoms with Crippen molar-refractivity contribution in [3.63, 3.8) is 0 Å². The quantitative estimate of drug-likeness (QED) is 0.229. The standard InChI is InChI=1S/C30H32N2O4/c1-20(32-19-29(35)25-16-26(33)18-27(34)17-25)14-21-6-4-10-24(15-21)30(36)31-13-12-23-9-5-8-22-7-2-3-11-28(22)23/h2-11,15-18,20,29,32-35H,12-14,19H2,1H3,(H,31,36)/t20-,29+/m1/s1. The van der Waals surface area contributed by atoms with Gasteiger partial charge in [0.15, 0.2) is 0 Å². The summed E-state index contributed by atoms with van der Waals surface area (Å²) in [6.45, 7) is 2.82. The minimum atomic E-state index is -0.871. The Labute approximate surface area is 211 Å². The molecule has 0 fully saturated rings. The first-order valence-corrected chi connectivity index (χ1v) is 12.2. The van der Waals surface area contributed by atoms with E-state index < -0.39 is 6.10 Å². The van der Waals surface area contributed by atoms with E-state index in [4.69, 9.17) is 0 Å². The van der Waals surface area contributed by atoms with Crippen LogP contribution in [0.1, 0.15) is 40.1 Å². The number of carbonyl (C=O) groups is 1. The normalized spacial score (nSPS) is 12.8.